The van der Waals surface area contributed by atoms with Crippen molar-refractivity contribution >= 4 is 17.6 Å². The SMILES string of the molecule is CC#CC(=O)N(C)c1ccccc1C(=O)O. The zero-order chi connectivity index (χ0) is 12.1. The third-order valence-corrected chi connectivity index (χ3v) is 2.03. The van der Waals surface area contributed by atoms with Crippen LogP contribution in [-0.4, -0.2) is 24.0 Å². The van der Waals surface area contributed by atoms with E-state index in [1.807, 2.05) is 0 Å². The van der Waals surface area contributed by atoms with Crippen molar-refractivity contribution in [2.24, 2.45) is 0 Å². The second-order valence-electron chi connectivity index (χ2n) is 3.06. The van der Waals surface area contributed by atoms with E-state index in [0.717, 1.165) is 0 Å². The van der Waals surface area contributed by atoms with Crippen LogP contribution in [0.1, 0.15) is 17.3 Å². The fraction of sp³-hybridized carbons (Fsp3) is 0.167. The number of rotatable bonds is 2. The number of benzene rings is 1. The molecular formula is C12H11NO3. The molecule has 82 valence electrons. The number of para-hydroxylation sites is 1. The average Bonchev–Trinajstić information content (AvgIpc) is 2.28. The zero-order valence-corrected chi connectivity index (χ0v) is 9.02. The van der Waals surface area contributed by atoms with Gasteiger partial charge in [-0.15, -0.1) is 0 Å². The van der Waals surface area contributed by atoms with Crippen LogP contribution in [0.5, 0.6) is 0 Å². The number of carboxylic acids is 1. The van der Waals surface area contributed by atoms with Crippen molar-refractivity contribution in [3.05, 3.63) is 29.8 Å². The van der Waals surface area contributed by atoms with Gasteiger partial charge in [0.25, 0.3) is 0 Å². The standard InChI is InChI=1S/C12H11NO3/c1-3-6-11(14)13(2)10-8-5-4-7-9(10)12(15)16/h4-5,7-8H,1-2H3,(H,15,16). The van der Waals surface area contributed by atoms with Gasteiger partial charge in [0.1, 0.15) is 0 Å². The van der Waals surface area contributed by atoms with Gasteiger partial charge in [-0.3, -0.25) is 4.79 Å². The Labute approximate surface area is 93.5 Å². The van der Waals surface area contributed by atoms with Crippen molar-refractivity contribution in [3.63, 3.8) is 0 Å². The van der Waals surface area contributed by atoms with Crippen LogP contribution in [-0.2, 0) is 4.79 Å². The van der Waals surface area contributed by atoms with Gasteiger partial charge in [-0.25, -0.2) is 4.79 Å². The van der Waals surface area contributed by atoms with Crippen LogP contribution in [0.25, 0.3) is 0 Å². The molecule has 1 aromatic rings. The minimum atomic E-state index is -1.07. The largest absolute Gasteiger partial charge is 0.478 e. The lowest BCUT2D eigenvalue weighted by Crippen LogP contribution is -2.26. The number of anilines is 1. The van der Waals surface area contributed by atoms with Crippen molar-refractivity contribution in [2.45, 2.75) is 6.92 Å². The Bertz CT molecular complexity index is 483. The van der Waals surface area contributed by atoms with E-state index in [2.05, 4.69) is 11.8 Å². The van der Waals surface area contributed by atoms with Gasteiger partial charge < -0.3 is 10.0 Å². The molecule has 4 nitrogen and oxygen atoms in total. The van der Waals surface area contributed by atoms with Crippen molar-refractivity contribution in [1.29, 1.82) is 0 Å². The maximum Gasteiger partial charge on any atom is 0.337 e. The van der Waals surface area contributed by atoms with E-state index < -0.39 is 11.9 Å². The van der Waals surface area contributed by atoms with Crippen molar-refractivity contribution in [3.8, 4) is 11.8 Å². The highest BCUT2D eigenvalue weighted by atomic mass is 16.4. The lowest BCUT2D eigenvalue weighted by Gasteiger charge is -2.16. The van der Waals surface area contributed by atoms with Crippen LogP contribution in [0.4, 0.5) is 5.69 Å². The van der Waals surface area contributed by atoms with E-state index >= 15 is 0 Å². The minimum absolute atomic E-state index is 0.0799. The van der Waals surface area contributed by atoms with Crippen LogP contribution in [0.15, 0.2) is 24.3 Å². The first-order valence-electron chi connectivity index (χ1n) is 4.60. The molecule has 0 atom stereocenters. The Hall–Kier alpha value is -2.28. The van der Waals surface area contributed by atoms with Crippen LogP contribution in [0.2, 0.25) is 0 Å². The summed E-state index contributed by atoms with van der Waals surface area (Å²) in [6.07, 6.45) is 0. The Morgan fingerprint density at radius 3 is 2.50 bits per heavy atom. The third kappa shape index (κ3) is 2.39. The van der Waals surface area contributed by atoms with Crippen LogP contribution < -0.4 is 4.90 Å². The second kappa shape index (κ2) is 4.99. The summed E-state index contributed by atoms with van der Waals surface area (Å²) in [5.41, 5.74) is 0.416. The minimum Gasteiger partial charge on any atom is -0.478 e. The van der Waals surface area contributed by atoms with Crippen LogP contribution in [0.3, 0.4) is 0 Å². The average molecular weight is 217 g/mol. The normalized spacial score (nSPS) is 8.88. The molecule has 16 heavy (non-hydrogen) atoms. The third-order valence-electron chi connectivity index (χ3n) is 2.03. The van der Waals surface area contributed by atoms with E-state index in [9.17, 15) is 9.59 Å². The van der Waals surface area contributed by atoms with E-state index in [4.69, 9.17) is 5.11 Å². The molecule has 0 fully saturated rings. The van der Waals surface area contributed by atoms with E-state index in [1.165, 1.54) is 18.0 Å². The number of hydrogen-bond acceptors (Lipinski definition) is 2. The second-order valence-corrected chi connectivity index (χ2v) is 3.06. The molecule has 0 bridgehead atoms. The summed E-state index contributed by atoms with van der Waals surface area (Å²) < 4.78 is 0. The molecule has 0 aliphatic heterocycles. The number of amides is 1. The smallest absolute Gasteiger partial charge is 0.337 e. The van der Waals surface area contributed by atoms with Gasteiger partial charge in [0.15, 0.2) is 0 Å². The Morgan fingerprint density at radius 1 is 1.31 bits per heavy atom. The lowest BCUT2D eigenvalue weighted by atomic mass is 10.1. The number of carbonyl (C=O) groups excluding carboxylic acids is 1. The summed E-state index contributed by atoms with van der Waals surface area (Å²) in [6.45, 7) is 1.55. The van der Waals surface area contributed by atoms with Crippen molar-refractivity contribution < 1.29 is 14.7 Å². The molecule has 0 unspecified atom stereocenters. The summed E-state index contributed by atoms with van der Waals surface area (Å²) in [5.74, 6) is 3.33. The lowest BCUT2D eigenvalue weighted by molar-refractivity contribution is -0.113. The summed E-state index contributed by atoms with van der Waals surface area (Å²) in [6, 6.07) is 6.29. The van der Waals surface area contributed by atoms with Gasteiger partial charge in [-0.05, 0) is 25.0 Å². The van der Waals surface area contributed by atoms with Crippen molar-refractivity contribution in [2.75, 3.05) is 11.9 Å². The predicted octanol–water partition coefficient (Wildman–Crippen LogP) is 1.37. The van der Waals surface area contributed by atoms with Gasteiger partial charge in [-0.2, -0.15) is 0 Å². The topological polar surface area (TPSA) is 57.6 Å². The fourth-order valence-corrected chi connectivity index (χ4v) is 1.25. The Kier molecular flexibility index (Phi) is 3.67. The highest BCUT2D eigenvalue weighted by molar-refractivity contribution is 6.08. The predicted molar refractivity (Wildman–Crippen MR) is 60.3 cm³/mol. The van der Waals surface area contributed by atoms with Crippen molar-refractivity contribution in [1.82, 2.24) is 0 Å². The molecule has 4 heteroatoms. The fourth-order valence-electron chi connectivity index (χ4n) is 1.25. The Morgan fingerprint density at radius 2 is 1.94 bits per heavy atom. The Balaban J connectivity index is 3.16. The van der Waals surface area contributed by atoms with E-state index in [-0.39, 0.29) is 5.56 Å². The maximum atomic E-state index is 11.5. The van der Waals surface area contributed by atoms with E-state index in [0.29, 0.717) is 5.69 Å². The zero-order valence-electron chi connectivity index (χ0n) is 9.02. The monoisotopic (exact) mass is 217 g/mol. The molecule has 1 amide bonds. The summed E-state index contributed by atoms with van der Waals surface area (Å²) in [5, 5.41) is 8.95. The number of carboxylic acid groups (broad SMARTS) is 1. The van der Waals surface area contributed by atoms with Gasteiger partial charge in [0.2, 0.25) is 0 Å². The highest BCUT2D eigenvalue weighted by Gasteiger charge is 2.15. The molecule has 1 rings (SSSR count). The van der Waals surface area contributed by atoms with Gasteiger partial charge in [0, 0.05) is 7.05 Å². The first kappa shape index (κ1) is 11.8. The molecule has 1 N–H and O–H groups in total. The molecule has 0 aliphatic rings. The number of hydrogen-bond donors (Lipinski definition) is 1. The van der Waals surface area contributed by atoms with Gasteiger partial charge in [-0.1, -0.05) is 18.1 Å². The molecule has 0 saturated heterocycles. The molecule has 1 aromatic carbocycles. The number of aromatic carboxylic acids is 1. The molecule has 0 spiro atoms. The van der Waals surface area contributed by atoms with Gasteiger partial charge >= 0.3 is 11.9 Å². The van der Waals surface area contributed by atoms with Gasteiger partial charge in [0.05, 0.1) is 11.3 Å². The molecule has 0 aliphatic carbocycles. The van der Waals surface area contributed by atoms with E-state index in [1.54, 1.807) is 25.1 Å². The summed E-state index contributed by atoms with van der Waals surface area (Å²) >= 11 is 0. The molecule has 0 heterocycles. The number of carbonyl (C=O) groups is 2. The maximum absolute atomic E-state index is 11.5. The quantitative estimate of drug-likeness (QED) is 0.761. The highest BCUT2D eigenvalue weighted by Crippen LogP contribution is 2.18. The molecule has 0 saturated carbocycles. The first-order chi connectivity index (χ1) is 7.57. The first-order valence-corrected chi connectivity index (χ1v) is 4.60. The summed E-state index contributed by atoms with van der Waals surface area (Å²) in [7, 11) is 1.49. The van der Waals surface area contributed by atoms with Crippen LogP contribution >= 0.6 is 0 Å². The summed E-state index contributed by atoms with van der Waals surface area (Å²) in [4.78, 5) is 23.6. The molecule has 0 aromatic heterocycles. The molecule has 0 radical (unpaired) electrons. The molecular weight excluding hydrogens is 206 g/mol. The van der Waals surface area contributed by atoms with Crippen LogP contribution in [0, 0.1) is 11.8 Å². The number of nitrogens with zero attached hydrogens (tertiary/aromatic N) is 1.